The van der Waals surface area contributed by atoms with Gasteiger partial charge in [0.25, 0.3) is 11.2 Å². The lowest BCUT2D eigenvalue weighted by atomic mass is 10.1. The van der Waals surface area contributed by atoms with Crippen LogP contribution < -0.4 is 5.56 Å². The molecule has 3 rings (SSSR count). The van der Waals surface area contributed by atoms with Gasteiger partial charge in [-0.3, -0.25) is 19.5 Å². The number of nitro groups is 1. The third-order valence-corrected chi connectivity index (χ3v) is 4.90. The molecule has 0 radical (unpaired) electrons. The van der Waals surface area contributed by atoms with Crippen molar-refractivity contribution in [3.63, 3.8) is 0 Å². The monoisotopic (exact) mass is 417 g/mol. The summed E-state index contributed by atoms with van der Waals surface area (Å²) in [6.07, 6.45) is 0.461. The molecule has 1 N–H and O–H groups in total. The highest BCUT2D eigenvalue weighted by Crippen LogP contribution is 2.29. The smallest absolute Gasteiger partial charge is 0.281 e. The molecule has 0 bridgehead atoms. The number of hydrogen-bond donors (Lipinski definition) is 1. The Hall–Kier alpha value is -4.32. The van der Waals surface area contributed by atoms with E-state index >= 15 is 0 Å². The molecule has 3 aromatic rings. The van der Waals surface area contributed by atoms with Crippen molar-refractivity contribution in [2.24, 2.45) is 10.2 Å². The number of nitriles is 1. The number of aromatic hydroxyl groups is 1. The number of rotatable bonds is 6. The highest BCUT2D eigenvalue weighted by molar-refractivity contribution is 5.57. The van der Waals surface area contributed by atoms with Crippen LogP contribution >= 0.6 is 0 Å². The minimum Gasteiger partial charge on any atom is -0.493 e. The lowest BCUT2D eigenvalue weighted by molar-refractivity contribution is -0.384. The van der Waals surface area contributed by atoms with Crippen LogP contribution in [0.25, 0.3) is 0 Å². The van der Waals surface area contributed by atoms with Gasteiger partial charge in [-0.25, -0.2) is 0 Å². The molecule has 9 nitrogen and oxygen atoms in total. The summed E-state index contributed by atoms with van der Waals surface area (Å²) in [6, 6.07) is 15.5. The molecule has 0 spiro atoms. The predicted octanol–water partition coefficient (Wildman–Crippen LogP) is 4.61. The van der Waals surface area contributed by atoms with Gasteiger partial charge < -0.3 is 5.11 Å². The van der Waals surface area contributed by atoms with Crippen molar-refractivity contribution in [2.75, 3.05) is 0 Å². The Morgan fingerprint density at radius 3 is 2.52 bits per heavy atom. The molecule has 0 amide bonds. The zero-order valence-corrected chi connectivity index (χ0v) is 16.9. The quantitative estimate of drug-likeness (QED) is 0.355. The van der Waals surface area contributed by atoms with Crippen LogP contribution in [0.15, 0.2) is 63.6 Å². The molecule has 0 saturated heterocycles. The first-order valence-corrected chi connectivity index (χ1v) is 9.40. The number of nitrogens with zero attached hydrogens (tertiary/aromatic N) is 5. The van der Waals surface area contributed by atoms with E-state index < -0.39 is 16.4 Å². The van der Waals surface area contributed by atoms with Crippen molar-refractivity contribution in [3.05, 3.63) is 91.3 Å². The number of pyridine rings is 1. The summed E-state index contributed by atoms with van der Waals surface area (Å²) in [7, 11) is 0. The van der Waals surface area contributed by atoms with Gasteiger partial charge >= 0.3 is 0 Å². The van der Waals surface area contributed by atoms with Crippen LogP contribution in [0.3, 0.4) is 0 Å². The van der Waals surface area contributed by atoms with E-state index in [4.69, 9.17) is 0 Å². The topological polar surface area (TPSA) is 134 Å². The SMILES string of the molecule is Cc1ccc([N+](=O)[O-])cc1N=Nc1c(C)c(C#N)c(O)n(CCc2ccccc2)c1=O. The zero-order valence-electron chi connectivity index (χ0n) is 16.9. The van der Waals surface area contributed by atoms with Crippen LogP contribution in [-0.2, 0) is 13.0 Å². The van der Waals surface area contributed by atoms with E-state index in [0.717, 1.165) is 10.1 Å². The molecule has 0 aliphatic carbocycles. The lowest BCUT2D eigenvalue weighted by Gasteiger charge is -2.13. The minimum absolute atomic E-state index is 0.0719. The molecule has 1 heterocycles. The minimum atomic E-state index is -0.600. The first kappa shape index (κ1) is 21.4. The Kier molecular flexibility index (Phi) is 6.21. The van der Waals surface area contributed by atoms with E-state index in [1.165, 1.54) is 25.1 Å². The van der Waals surface area contributed by atoms with Crippen molar-refractivity contribution in [1.82, 2.24) is 4.57 Å². The third-order valence-electron chi connectivity index (χ3n) is 4.90. The molecular weight excluding hydrogens is 398 g/mol. The highest BCUT2D eigenvalue weighted by Gasteiger charge is 2.19. The van der Waals surface area contributed by atoms with E-state index in [1.807, 2.05) is 36.4 Å². The molecule has 31 heavy (non-hydrogen) atoms. The Morgan fingerprint density at radius 2 is 1.87 bits per heavy atom. The second-order valence-electron chi connectivity index (χ2n) is 6.90. The number of non-ortho nitro benzene ring substituents is 1. The van der Waals surface area contributed by atoms with Gasteiger partial charge in [0, 0.05) is 24.2 Å². The van der Waals surface area contributed by atoms with Crippen LogP contribution in [0, 0.1) is 35.3 Å². The molecule has 9 heteroatoms. The Labute approximate surface area is 177 Å². The van der Waals surface area contributed by atoms with E-state index in [9.17, 15) is 25.3 Å². The van der Waals surface area contributed by atoms with Crippen molar-refractivity contribution in [1.29, 1.82) is 5.26 Å². The maximum atomic E-state index is 13.0. The summed E-state index contributed by atoms with van der Waals surface area (Å²) < 4.78 is 1.09. The average molecular weight is 417 g/mol. The third kappa shape index (κ3) is 4.48. The fourth-order valence-electron chi connectivity index (χ4n) is 3.07. The molecule has 1 aromatic heterocycles. The van der Waals surface area contributed by atoms with Crippen LogP contribution in [0.5, 0.6) is 5.88 Å². The molecule has 0 saturated carbocycles. The maximum absolute atomic E-state index is 13.0. The van der Waals surface area contributed by atoms with Crippen LogP contribution in [0.4, 0.5) is 17.1 Å². The molecule has 0 unspecified atom stereocenters. The van der Waals surface area contributed by atoms with Crippen LogP contribution in [-0.4, -0.2) is 14.6 Å². The first-order chi connectivity index (χ1) is 14.8. The maximum Gasteiger partial charge on any atom is 0.281 e. The first-order valence-electron chi connectivity index (χ1n) is 9.40. The molecule has 0 fully saturated rings. The summed E-state index contributed by atoms with van der Waals surface area (Å²) in [5.74, 6) is -0.425. The second kappa shape index (κ2) is 9.00. The lowest BCUT2D eigenvalue weighted by Crippen LogP contribution is -2.22. The second-order valence-corrected chi connectivity index (χ2v) is 6.90. The van der Waals surface area contributed by atoms with Crippen molar-refractivity contribution < 1.29 is 10.0 Å². The summed E-state index contributed by atoms with van der Waals surface area (Å²) in [5, 5.41) is 39.0. The van der Waals surface area contributed by atoms with Gasteiger partial charge in [0.05, 0.1) is 10.6 Å². The van der Waals surface area contributed by atoms with Gasteiger partial charge in [-0.1, -0.05) is 36.4 Å². The number of nitro benzene ring substituents is 1. The number of hydrogen-bond acceptors (Lipinski definition) is 7. The Bertz CT molecular complexity index is 1270. The molecule has 0 atom stereocenters. The van der Waals surface area contributed by atoms with E-state index in [1.54, 1.807) is 6.92 Å². The predicted molar refractivity (Wildman–Crippen MR) is 114 cm³/mol. The number of aryl methyl sites for hydroxylation is 2. The van der Waals surface area contributed by atoms with Crippen molar-refractivity contribution >= 4 is 17.1 Å². The van der Waals surface area contributed by atoms with Gasteiger partial charge in [0.15, 0.2) is 5.69 Å². The normalized spacial score (nSPS) is 10.9. The van der Waals surface area contributed by atoms with E-state index in [0.29, 0.717) is 12.0 Å². The molecule has 0 aliphatic rings. The molecular formula is C22H19N5O4. The summed E-state index contributed by atoms with van der Waals surface area (Å²) in [6.45, 7) is 3.35. The van der Waals surface area contributed by atoms with Gasteiger partial charge in [0.1, 0.15) is 11.6 Å². The molecule has 0 aliphatic heterocycles. The van der Waals surface area contributed by atoms with E-state index in [-0.39, 0.29) is 34.7 Å². The van der Waals surface area contributed by atoms with Crippen LogP contribution in [0.1, 0.15) is 22.3 Å². The fraction of sp³-hybridized carbons (Fsp3) is 0.182. The summed E-state index contributed by atoms with van der Waals surface area (Å²) in [4.78, 5) is 23.5. The van der Waals surface area contributed by atoms with Crippen molar-refractivity contribution in [3.8, 4) is 11.9 Å². The Morgan fingerprint density at radius 1 is 1.16 bits per heavy atom. The number of azo groups is 1. The van der Waals surface area contributed by atoms with Gasteiger partial charge in [-0.2, -0.15) is 5.26 Å². The Balaban J connectivity index is 2.05. The highest BCUT2D eigenvalue weighted by atomic mass is 16.6. The summed E-state index contributed by atoms with van der Waals surface area (Å²) >= 11 is 0. The van der Waals surface area contributed by atoms with E-state index in [2.05, 4.69) is 10.2 Å². The summed E-state index contributed by atoms with van der Waals surface area (Å²) in [5.41, 5.74) is 1.09. The average Bonchev–Trinajstić information content (AvgIpc) is 2.75. The van der Waals surface area contributed by atoms with Gasteiger partial charge in [-0.05, 0) is 31.4 Å². The molecule has 156 valence electrons. The van der Waals surface area contributed by atoms with Gasteiger partial charge in [0.2, 0.25) is 5.88 Å². The standard InChI is InChI=1S/C22H19N5O4/c1-14-8-9-17(27(30)31)12-19(14)24-25-20-15(2)18(13-23)21(28)26(22(20)29)11-10-16-6-4-3-5-7-16/h3-9,12,28H,10-11H2,1-2H3. The van der Waals surface area contributed by atoms with Gasteiger partial charge in [-0.15, -0.1) is 10.2 Å². The van der Waals surface area contributed by atoms with Crippen LogP contribution in [0.2, 0.25) is 0 Å². The zero-order chi connectivity index (χ0) is 22.5. The fourth-order valence-corrected chi connectivity index (χ4v) is 3.07. The molecule has 2 aromatic carbocycles. The van der Waals surface area contributed by atoms with Crippen molar-refractivity contribution in [2.45, 2.75) is 26.8 Å². The number of aromatic nitrogens is 1. The number of benzene rings is 2. The largest absolute Gasteiger partial charge is 0.493 e.